The molecule has 1 aliphatic rings. The van der Waals surface area contributed by atoms with Crippen molar-refractivity contribution >= 4 is 29.3 Å². The summed E-state index contributed by atoms with van der Waals surface area (Å²) in [6.45, 7) is -0.872. The Kier molecular flexibility index (Phi) is 14.2. The van der Waals surface area contributed by atoms with Gasteiger partial charge in [-0.05, 0) is 11.6 Å². The number of anilines is 1. The van der Waals surface area contributed by atoms with Gasteiger partial charge in [0.25, 0.3) is 0 Å². The zero-order valence-corrected chi connectivity index (χ0v) is 19.3. The molecule has 1 aromatic rings. The van der Waals surface area contributed by atoms with Gasteiger partial charge in [0.15, 0.2) is 6.23 Å². The van der Waals surface area contributed by atoms with Crippen molar-refractivity contribution in [2.24, 2.45) is 5.11 Å². The van der Waals surface area contributed by atoms with Gasteiger partial charge in [0.1, 0.15) is 18.0 Å². The van der Waals surface area contributed by atoms with Gasteiger partial charge in [-0.3, -0.25) is 4.57 Å². The average molecular weight is 578 g/mol. The Bertz CT molecular complexity index is 987. The van der Waals surface area contributed by atoms with E-state index in [1.807, 2.05) is 0 Å². The van der Waals surface area contributed by atoms with Crippen molar-refractivity contribution in [1.82, 2.24) is 9.55 Å². The van der Waals surface area contributed by atoms with Crippen LogP contribution < -0.4 is 11.4 Å². The van der Waals surface area contributed by atoms with Crippen LogP contribution in [0.4, 0.5) is 5.82 Å². The summed E-state index contributed by atoms with van der Waals surface area (Å²) in [5.74, 6) is -0.0252. The molecule has 0 aliphatic carbocycles. The highest BCUT2D eigenvalue weighted by atomic mass is 31.2. The van der Waals surface area contributed by atoms with E-state index in [0.29, 0.717) is 0 Å². The molecule has 0 bridgehead atoms. The molecule has 0 unspecified atom stereocenters. The smallest absolute Gasteiger partial charge is 0.393 e. The standard InChI is InChI=1S/C9H12N6O5.3H3O4P/c10-4-1-2-15(8(19)12-4)7-5(17)6(18)9(3-16,20-7)13-14-11;3*1-5(2,3)4/h1-2,5-7,16-18H,3H2,(H2,10,12,19);3*(H3,1,2,3,4)/t5-,6+,7-,9-;;;/m1.../s1. The number of aromatic nitrogens is 2. The normalized spacial score (nSPS) is 23.8. The molecule has 1 aliphatic heterocycles. The van der Waals surface area contributed by atoms with Crippen LogP contribution >= 0.6 is 23.5 Å². The number of rotatable bonds is 3. The van der Waals surface area contributed by atoms with Gasteiger partial charge in [0.2, 0.25) is 5.72 Å². The minimum Gasteiger partial charge on any atom is -0.393 e. The van der Waals surface area contributed by atoms with E-state index in [4.69, 9.17) is 73.7 Å². The van der Waals surface area contributed by atoms with Gasteiger partial charge in [-0.25, -0.2) is 18.5 Å². The first-order chi connectivity index (χ1) is 15.4. The molecule has 14 N–H and O–H groups in total. The SMILES string of the molecule is O=P(O)(O)O.O=P(O)(O)O.O=P(O)(O)O.[N-]=[N+]=N[C@]1(CO)O[C@@H](n2ccc(N)nc2=O)[C@H](O)[C@@H]1O. The predicted octanol–water partition coefficient (Wildman–Crippen LogP) is -4.71. The van der Waals surface area contributed by atoms with Gasteiger partial charge in [-0.15, -0.1) is 0 Å². The van der Waals surface area contributed by atoms with Crippen molar-refractivity contribution < 1.29 is 77.8 Å². The van der Waals surface area contributed by atoms with Crippen LogP contribution in [0.3, 0.4) is 0 Å². The first-order valence-electron chi connectivity index (χ1n) is 7.85. The second-order valence-corrected chi connectivity index (χ2v) is 8.80. The molecule has 0 amide bonds. The van der Waals surface area contributed by atoms with E-state index in [1.165, 1.54) is 12.3 Å². The number of nitrogen functional groups attached to an aromatic ring is 1. The first-order valence-corrected chi connectivity index (χ1v) is 12.6. The van der Waals surface area contributed by atoms with Crippen LogP contribution in [0.2, 0.25) is 0 Å². The third-order valence-corrected chi connectivity index (χ3v) is 2.97. The molecule has 0 saturated carbocycles. The third kappa shape index (κ3) is 17.3. The average Bonchev–Trinajstić information content (AvgIpc) is 2.83. The van der Waals surface area contributed by atoms with Crippen molar-refractivity contribution in [1.29, 1.82) is 0 Å². The Hall–Kier alpha value is -1.84. The molecule has 0 aromatic carbocycles. The fourth-order valence-electron chi connectivity index (χ4n) is 1.93. The Balaban J connectivity index is 0. The van der Waals surface area contributed by atoms with E-state index < -0.39 is 59.9 Å². The highest BCUT2D eigenvalue weighted by Gasteiger charge is 2.54. The molecule has 2 heterocycles. The van der Waals surface area contributed by atoms with Crippen molar-refractivity contribution in [3.8, 4) is 0 Å². The lowest BCUT2D eigenvalue weighted by Gasteiger charge is -2.23. The number of nitrogens with zero attached hydrogens (tertiary/aromatic N) is 5. The zero-order valence-electron chi connectivity index (χ0n) is 16.7. The Morgan fingerprint density at radius 2 is 1.46 bits per heavy atom. The molecule has 35 heavy (non-hydrogen) atoms. The fraction of sp³-hybridized carbons (Fsp3) is 0.556. The molecule has 204 valence electrons. The summed E-state index contributed by atoms with van der Waals surface area (Å²) in [5, 5.41) is 32.2. The van der Waals surface area contributed by atoms with Gasteiger partial charge >= 0.3 is 29.2 Å². The van der Waals surface area contributed by atoms with Crippen molar-refractivity contribution in [2.45, 2.75) is 24.2 Å². The van der Waals surface area contributed by atoms with Crippen LogP contribution in [-0.4, -0.2) is 93.5 Å². The van der Waals surface area contributed by atoms with Gasteiger partial charge < -0.3 is 69.8 Å². The summed E-state index contributed by atoms with van der Waals surface area (Å²) >= 11 is 0. The molecule has 2 rings (SSSR count). The largest absolute Gasteiger partial charge is 0.466 e. The van der Waals surface area contributed by atoms with Gasteiger partial charge in [-0.2, -0.15) is 4.98 Å². The van der Waals surface area contributed by atoms with E-state index in [9.17, 15) is 20.1 Å². The molecule has 0 spiro atoms. The van der Waals surface area contributed by atoms with Gasteiger partial charge in [-0.1, -0.05) is 5.11 Å². The lowest BCUT2D eigenvalue weighted by molar-refractivity contribution is -0.125. The topological polar surface area (TPSA) is 413 Å². The Labute approximate surface area is 192 Å². The summed E-state index contributed by atoms with van der Waals surface area (Å²) in [7, 11) is -13.9. The second kappa shape index (κ2) is 14.0. The number of ether oxygens (including phenoxy) is 1. The number of aliphatic hydroxyl groups is 3. The van der Waals surface area contributed by atoms with Crippen molar-refractivity contribution in [3.05, 3.63) is 33.2 Å². The molecule has 23 nitrogen and oxygen atoms in total. The van der Waals surface area contributed by atoms with E-state index >= 15 is 0 Å². The lowest BCUT2D eigenvalue weighted by Crippen LogP contribution is -2.44. The molecule has 4 atom stereocenters. The molecule has 1 saturated heterocycles. The number of aliphatic hydroxyl groups excluding tert-OH is 3. The molecule has 1 fully saturated rings. The molecule has 0 radical (unpaired) electrons. The number of nitrogens with two attached hydrogens (primary N) is 1. The quantitative estimate of drug-likeness (QED) is 0.0693. The lowest BCUT2D eigenvalue weighted by atomic mass is 10.1. The summed E-state index contributed by atoms with van der Waals surface area (Å²) in [5.41, 5.74) is 10.9. The van der Waals surface area contributed by atoms with Gasteiger partial charge in [0.05, 0.1) is 6.61 Å². The maximum absolute atomic E-state index is 11.7. The van der Waals surface area contributed by atoms with E-state index in [1.54, 1.807) is 0 Å². The van der Waals surface area contributed by atoms with Crippen LogP contribution in [0.15, 0.2) is 22.2 Å². The molecule has 1 aromatic heterocycles. The fourth-order valence-corrected chi connectivity index (χ4v) is 1.93. The number of hydrogen-bond acceptors (Lipinski definition) is 11. The number of phosphoric acid groups is 3. The van der Waals surface area contributed by atoms with Crippen molar-refractivity contribution in [3.63, 3.8) is 0 Å². The number of azide groups is 1. The summed E-state index contributed by atoms with van der Waals surface area (Å²) in [6, 6.07) is 1.29. The Morgan fingerprint density at radius 3 is 1.77 bits per heavy atom. The van der Waals surface area contributed by atoms with Crippen LogP contribution in [-0.2, 0) is 18.4 Å². The van der Waals surface area contributed by atoms with Crippen LogP contribution in [0, 0.1) is 0 Å². The minimum absolute atomic E-state index is 0.0252. The van der Waals surface area contributed by atoms with Crippen molar-refractivity contribution in [2.75, 3.05) is 12.3 Å². The summed E-state index contributed by atoms with van der Waals surface area (Å²) in [4.78, 5) is 82.3. The van der Waals surface area contributed by atoms with Crippen LogP contribution in [0.1, 0.15) is 6.23 Å². The van der Waals surface area contributed by atoms with E-state index in [0.717, 1.165) is 4.57 Å². The Morgan fingerprint density at radius 1 is 1.06 bits per heavy atom. The minimum atomic E-state index is -4.64. The van der Waals surface area contributed by atoms with Gasteiger partial charge in [0, 0.05) is 11.1 Å². The van der Waals surface area contributed by atoms with Crippen LogP contribution in [0.5, 0.6) is 0 Å². The maximum atomic E-state index is 11.7. The summed E-state index contributed by atoms with van der Waals surface area (Å²) in [6.07, 6.45) is -3.48. The maximum Gasteiger partial charge on any atom is 0.466 e. The molecule has 26 heteroatoms. The monoisotopic (exact) mass is 578 g/mol. The highest BCUT2D eigenvalue weighted by Crippen LogP contribution is 2.37. The highest BCUT2D eigenvalue weighted by molar-refractivity contribution is 7.45. The second-order valence-electron chi connectivity index (χ2n) is 5.72. The number of hydrogen-bond donors (Lipinski definition) is 13. The van der Waals surface area contributed by atoms with E-state index in [2.05, 4.69) is 15.0 Å². The summed E-state index contributed by atoms with van der Waals surface area (Å²) < 4.78 is 32.7. The zero-order chi connectivity index (χ0) is 28.4. The molecular formula is C9H21N6O17P3. The third-order valence-electron chi connectivity index (χ3n) is 2.97. The first kappa shape index (κ1) is 35.3. The van der Waals surface area contributed by atoms with E-state index in [-0.39, 0.29) is 5.82 Å². The predicted molar refractivity (Wildman–Crippen MR) is 107 cm³/mol. The van der Waals surface area contributed by atoms with Crippen LogP contribution in [0.25, 0.3) is 10.4 Å². The molecular weight excluding hydrogens is 557 g/mol.